The van der Waals surface area contributed by atoms with Gasteiger partial charge in [-0.2, -0.15) is 0 Å². The Kier molecular flexibility index (Phi) is 3.49. The van der Waals surface area contributed by atoms with Crippen LogP contribution in [0.15, 0.2) is 24.4 Å². The lowest BCUT2D eigenvalue weighted by molar-refractivity contribution is 0.708. The van der Waals surface area contributed by atoms with Gasteiger partial charge in [-0.25, -0.2) is 4.98 Å². The van der Waals surface area contributed by atoms with E-state index >= 15 is 0 Å². The molecule has 14 heavy (non-hydrogen) atoms. The summed E-state index contributed by atoms with van der Waals surface area (Å²) in [7, 11) is 0. The standard InChI is InChI=1S/C10H13N3.ClH/c1-8-7-9-3-2-5-12-10(9)13(8)6-4-11;/h2-3,5,7H,4,6,11H2,1H3;1H. The number of nitrogens with zero attached hydrogens (tertiary/aromatic N) is 2. The van der Waals surface area contributed by atoms with Crippen LogP contribution in [0, 0.1) is 6.92 Å². The Morgan fingerprint density at radius 2 is 2.29 bits per heavy atom. The zero-order chi connectivity index (χ0) is 9.26. The number of halogens is 1. The number of rotatable bonds is 2. The monoisotopic (exact) mass is 211 g/mol. The van der Waals surface area contributed by atoms with Crippen LogP contribution in [0.2, 0.25) is 0 Å². The first-order valence-electron chi connectivity index (χ1n) is 4.44. The van der Waals surface area contributed by atoms with Gasteiger partial charge in [-0.15, -0.1) is 12.4 Å². The van der Waals surface area contributed by atoms with Crippen molar-refractivity contribution in [2.45, 2.75) is 13.5 Å². The van der Waals surface area contributed by atoms with Gasteiger partial charge in [0, 0.05) is 30.4 Å². The molecule has 2 N–H and O–H groups in total. The van der Waals surface area contributed by atoms with Crippen molar-refractivity contribution in [1.29, 1.82) is 0 Å². The van der Waals surface area contributed by atoms with Gasteiger partial charge in [0.1, 0.15) is 5.65 Å². The summed E-state index contributed by atoms with van der Waals surface area (Å²) in [6.45, 7) is 3.57. The van der Waals surface area contributed by atoms with Crippen molar-refractivity contribution in [3.8, 4) is 0 Å². The average Bonchev–Trinajstić information content (AvgIpc) is 2.44. The third-order valence-corrected chi connectivity index (χ3v) is 2.22. The summed E-state index contributed by atoms with van der Waals surface area (Å²) in [6.07, 6.45) is 1.81. The van der Waals surface area contributed by atoms with Gasteiger partial charge in [0.2, 0.25) is 0 Å². The molecule has 0 aromatic carbocycles. The fourth-order valence-electron chi connectivity index (χ4n) is 1.63. The van der Waals surface area contributed by atoms with E-state index in [1.807, 2.05) is 12.3 Å². The van der Waals surface area contributed by atoms with Crippen LogP contribution in [0.25, 0.3) is 11.0 Å². The largest absolute Gasteiger partial charge is 0.329 e. The maximum atomic E-state index is 5.53. The SMILES string of the molecule is Cc1cc2cccnc2n1CCN.Cl. The normalized spacial score (nSPS) is 10.1. The number of aryl methyl sites for hydroxylation is 1. The molecule has 0 unspecified atom stereocenters. The quantitative estimate of drug-likeness (QED) is 0.822. The van der Waals surface area contributed by atoms with Crippen molar-refractivity contribution in [1.82, 2.24) is 9.55 Å². The van der Waals surface area contributed by atoms with E-state index in [4.69, 9.17) is 5.73 Å². The van der Waals surface area contributed by atoms with Gasteiger partial charge in [0.25, 0.3) is 0 Å². The van der Waals surface area contributed by atoms with E-state index in [-0.39, 0.29) is 12.4 Å². The Hall–Kier alpha value is -1.06. The van der Waals surface area contributed by atoms with Crippen LogP contribution in [0.5, 0.6) is 0 Å². The van der Waals surface area contributed by atoms with E-state index in [1.54, 1.807) is 0 Å². The van der Waals surface area contributed by atoms with Gasteiger partial charge in [-0.1, -0.05) is 0 Å². The minimum atomic E-state index is 0. The minimum Gasteiger partial charge on any atom is -0.329 e. The highest BCUT2D eigenvalue weighted by Crippen LogP contribution is 2.15. The zero-order valence-electron chi connectivity index (χ0n) is 8.10. The first-order chi connectivity index (χ1) is 6.33. The second-order valence-electron chi connectivity index (χ2n) is 3.14. The van der Waals surface area contributed by atoms with Crippen LogP contribution >= 0.6 is 12.4 Å². The molecule has 0 aliphatic carbocycles. The van der Waals surface area contributed by atoms with Crippen molar-refractivity contribution in [2.75, 3.05) is 6.54 Å². The molecule has 3 nitrogen and oxygen atoms in total. The molecule has 0 saturated heterocycles. The summed E-state index contributed by atoms with van der Waals surface area (Å²) >= 11 is 0. The zero-order valence-corrected chi connectivity index (χ0v) is 8.92. The number of aromatic nitrogens is 2. The van der Waals surface area contributed by atoms with Gasteiger partial charge in [0.15, 0.2) is 0 Å². The lowest BCUT2D eigenvalue weighted by atomic mass is 10.3. The van der Waals surface area contributed by atoms with Gasteiger partial charge < -0.3 is 10.3 Å². The third-order valence-electron chi connectivity index (χ3n) is 2.22. The molecule has 0 radical (unpaired) electrons. The Bertz CT molecular complexity index is 422. The summed E-state index contributed by atoms with van der Waals surface area (Å²) in [4.78, 5) is 4.33. The van der Waals surface area contributed by atoms with Gasteiger partial charge in [0.05, 0.1) is 0 Å². The minimum absolute atomic E-state index is 0. The van der Waals surface area contributed by atoms with Crippen LogP contribution in [0.4, 0.5) is 0 Å². The summed E-state index contributed by atoms with van der Waals surface area (Å²) in [5, 5.41) is 1.19. The van der Waals surface area contributed by atoms with Crippen LogP contribution in [0.3, 0.4) is 0 Å². The molecular formula is C10H14ClN3. The Labute approximate surface area is 89.3 Å². The summed E-state index contributed by atoms with van der Waals surface area (Å²) in [6, 6.07) is 6.16. The van der Waals surface area contributed by atoms with Crippen LogP contribution in [-0.2, 0) is 6.54 Å². The Balaban J connectivity index is 0.000000980. The molecule has 4 heteroatoms. The van der Waals surface area contributed by atoms with E-state index in [2.05, 4.69) is 28.6 Å². The molecule has 2 rings (SSSR count). The van der Waals surface area contributed by atoms with Crippen LogP contribution in [0.1, 0.15) is 5.69 Å². The van der Waals surface area contributed by atoms with Gasteiger partial charge in [-0.05, 0) is 25.1 Å². The number of hydrogen-bond acceptors (Lipinski definition) is 2. The van der Waals surface area contributed by atoms with Crippen LogP contribution < -0.4 is 5.73 Å². The molecule has 2 heterocycles. The first-order valence-corrected chi connectivity index (χ1v) is 4.44. The molecule has 0 atom stereocenters. The average molecular weight is 212 g/mol. The predicted octanol–water partition coefficient (Wildman–Crippen LogP) is 1.73. The summed E-state index contributed by atoms with van der Waals surface area (Å²) in [5.74, 6) is 0. The second-order valence-corrected chi connectivity index (χ2v) is 3.14. The van der Waals surface area contributed by atoms with E-state index in [0.29, 0.717) is 6.54 Å². The third kappa shape index (κ3) is 1.74. The maximum absolute atomic E-state index is 5.53. The van der Waals surface area contributed by atoms with Gasteiger partial charge >= 0.3 is 0 Å². The second kappa shape index (κ2) is 4.44. The van der Waals surface area contributed by atoms with Crippen molar-refractivity contribution >= 4 is 23.4 Å². The van der Waals surface area contributed by atoms with Crippen molar-refractivity contribution in [3.05, 3.63) is 30.1 Å². The molecule has 0 amide bonds. The molecule has 0 saturated carbocycles. The van der Waals surface area contributed by atoms with Crippen molar-refractivity contribution < 1.29 is 0 Å². The smallest absolute Gasteiger partial charge is 0.140 e. The van der Waals surface area contributed by atoms with Crippen LogP contribution in [-0.4, -0.2) is 16.1 Å². The predicted molar refractivity (Wildman–Crippen MR) is 60.8 cm³/mol. The molecular weight excluding hydrogens is 198 g/mol. The molecule has 76 valence electrons. The molecule has 0 spiro atoms. The molecule has 0 fully saturated rings. The number of pyridine rings is 1. The fourth-order valence-corrected chi connectivity index (χ4v) is 1.63. The highest BCUT2D eigenvalue weighted by atomic mass is 35.5. The lowest BCUT2D eigenvalue weighted by Gasteiger charge is -2.03. The molecule has 0 bridgehead atoms. The van der Waals surface area contributed by atoms with Crippen molar-refractivity contribution in [2.24, 2.45) is 5.73 Å². The number of hydrogen-bond donors (Lipinski definition) is 1. The maximum Gasteiger partial charge on any atom is 0.140 e. The number of nitrogens with two attached hydrogens (primary N) is 1. The van der Waals surface area contributed by atoms with Gasteiger partial charge in [-0.3, -0.25) is 0 Å². The topological polar surface area (TPSA) is 43.8 Å². The lowest BCUT2D eigenvalue weighted by Crippen LogP contribution is -2.11. The molecule has 2 aromatic rings. The highest BCUT2D eigenvalue weighted by Gasteiger charge is 2.03. The highest BCUT2D eigenvalue weighted by molar-refractivity contribution is 5.85. The first kappa shape index (κ1) is 11.0. The number of fused-ring (bicyclic) bond motifs is 1. The van der Waals surface area contributed by atoms with E-state index in [1.165, 1.54) is 11.1 Å². The summed E-state index contributed by atoms with van der Waals surface area (Å²) < 4.78 is 2.15. The molecule has 2 aromatic heterocycles. The summed E-state index contributed by atoms with van der Waals surface area (Å²) in [5.41, 5.74) is 7.79. The van der Waals surface area contributed by atoms with E-state index in [0.717, 1.165) is 12.2 Å². The Morgan fingerprint density at radius 1 is 1.50 bits per heavy atom. The Morgan fingerprint density at radius 3 is 3.00 bits per heavy atom. The fraction of sp³-hybridized carbons (Fsp3) is 0.300. The molecule has 0 aliphatic rings. The molecule has 0 aliphatic heterocycles. The van der Waals surface area contributed by atoms with E-state index < -0.39 is 0 Å². The van der Waals surface area contributed by atoms with E-state index in [9.17, 15) is 0 Å². The van der Waals surface area contributed by atoms with Crippen molar-refractivity contribution in [3.63, 3.8) is 0 Å².